The number of rotatable bonds is 4. The van der Waals surface area contributed by atoms with Crippen molar-refractivity contribution >= 4 is 31.7 Å². The summed E-state index contributed by atoms with van der Waals surface area (Å²) < 4.78 is 24.4. The van der Waals surface area contributed by atoms with Gasteiger partial charge in [0, 0.05) is 4.47 Å². The minimum atomic E-state index is -3.71. The van der Waals surface area contributed by atoms with Crippen molar-refractivity contribution < 1.29 is 23.4 Å². The van der Waals surface area contributed by atoms with Gasteiger partial charge in [-0.1, -0.05) is 15.9 Å². The van der Waals surface area contributed by atoms with Gasteiger partial charge in [-0.3, -0.25) is 0 Å². The lowest BCUT2D eigenvalue weighted by Gasteiger charge is -2.11. The molecule has 18 heavy (non-hydrogen) atoms. The first kappa shape index (κ1) is 15.1. The molecule has 0 aliphatic heterocycles. The van der Waals surface area contributed by atoms with Gasteiger partial charge >= 0.3 is 5.97 Å². The normalized spacial score (nSPS) is 13.3. The van der Waals surface area contributed by atoms with Gasteiger partial charge in [0.25, 0.3) is 0 Å². The third kappa shape index (κ3) is 3.30. The van der Waals surface area contributed by atoms with Crippen LogP contribution in [0.1, 0.15) is 22.8 Å². The van der Waals surface area contributed by atoms with Crippen LogP contribution in [0.3, 0.4) is 0 Å². The molecule has 0 heterocycles. The van der Waals surface area contributed by atoms with Gasteiger partial charge in [0.05, 0.1) is 22.3 Å². The summed E-state index contributed by atoms with van der Waals surface area (Å²) in [4.78, 5) is 10.8. The zero-order valence-electron chi connectivity index (χ0n) is 9.84. The van der Waals surface area contributed by atoms with Crippen molar-refractivity contribution in [2.75, 3.05) is 5.75 Å². The second kappa shape index (κ2) is 5.38. The van der Waals surface area contributed by atoms with Crippen LogP contribution in [0.15, 0.2) is 21.5 Å². The van der Waals surface area contributed by atoms with E-state index in [1.165, 1.54) is 13.0 Å². The summed E-state index contributed by atoms with van der Waals surface area (Å²) in [5.41, 5.74) is 0.317. The Morgan fingerprint density at radius 3 is 2.44 bits per heavy atom. The van der Waals surface area contributed by atoms with Crippen molar-refractivity contribution in [2.24, 2.45) is 0 Å². The predicted octanol–water partition coefficient (Wildman–Crippen LogP) is 1.61. The van der Waals surface area contributed by atoms with Crippen molar-refractivity contribution in [1.29, 1.82) is 0 Å². The predicted molar refractivity (Wildman–Crippen MR) is 69.6 cm³/mol. The molecular formula is C11H13BrO5S. The van der Waals surface area contributed by atoms with Crippen LogP contribution in [0.4, 0.5) is 0 Å². The summed E-state index contributed by atoms with van der Waals surface area (Å²) >= 11 is 3.13. The second-order valence-electron chi connectivity index (χ2n) is 4.02. The number of halogens is 1. The van der Waals surface area contributed by atoms with E-state index in [2.05, 4.69) is 15.9 Å². The molecule has 2 N–H and O–H groups in total. The summed E-state index contributed by atoms with van der Waals surface area (Å²) in [6.07, 6.45) is -1.01. The van der Waals surface area contributed by atoms with E-state index in [0.717, 1.165) is 6.07 Å². The number of hydrogen-bond donors (Lipinski definition) is 2. The molecule has 100 valence electrons. The first-order valence-electron chi connectivity index (χ1n) is 5.09. The first-order chi connectivity index (χ1) is 8.15. The van der Waals surface area contributed by atoms with E-state index in [9.17, 15) is 18.3 Å². The number of sulfone groups is 1. The number of aromatic carboxylic acids is 1. The van der Waals surface area contributed by atoms with E-state index >= 15 is 0 Å². The van der Waals surface area contributed by atoms with Gasteiger partial charge < -0.3 is 10.2 Å². The number of carbonyl (C=O) groups is 1. The molecule has 7 heteroatoms. The van der Waals surface area contributed by atoms with Gasteiger partial charge in [-0.2, -0.15) is 0 Å². The Balaban J connectivity index is 3.45. The third-order valence-corrected chi connectivity index (χ3v) is 5.18. The standard InChI is InChI=1S/C11H13BrO5S/c1-6(13)5-18(16,17)10-4-8(11(14)15)3-9(12)7(10)2/h3-4,6,13H,5H2,1-2H3,(H,14,15). The molecule has 0 aliphatic rings. The molecule has 0 saturated carbocycles. The molecule has 1 atom stereocenters. The minimum absolute atomic E-state index is 0.0739. The SMILES string of the molecule is Cc1c(Br)cc(C(=O)O)cc1S(=O)(=O)CC(C)O. The highest BCUT2D eigenvalue weighted by molar-refractivity contribution is 9.10. The average Bonchev–Trinajstić information content (AvgIpc) is 2.19. The van der Waals surface area contributed by atoms with Crippen LogP contribution < -0.4 is 0 Å². The molecule has 0 saturated heterocycles. The fourth-order valence-electron chi connectivity index (χ4n) is 1.51. The van der Waals surface area contributed by atoms with E-state index in [4.69, 9.17) is 5.11 Å². The highest BCUT2D eigenvalue weighted by Gasteiger charge is 2.22. The lowest BCUT2D eigenvalue weighted by Crippen LogP contribution is -2.19. The van der Waals surface area contributed by atoms with Crippen molar-refractivity contribution in [3.05, 3.63) is 27.7 Å². The van der Waals surface area contributed by atoms with Crippen molar-refractivity contribution in [1.82, 2.24) is 0 Å². The number of hydrogen-bond acceptors (Lipinski definition) is 4. The van der Waals surface area contributed by atoms with Crippen LogP contribution in [-0.4, -0.2) is 36.5 Å². The summed E-state index contributed by atoms with van der Waals surface area (Å²) in [5, 5.41) is 18.1. The molecule has 0 aliphatic carbocycles. The van der Waals surface area contributed by atoms with Gasteiger partial charge in [0.15, 0.2) is 9.84 Å². The van der Waals surface area contributed by atoms with Crippen molar-refractivity contribution in [2.45, 2.75) is 24.8 Å². The zero-order chi connectivity index (χ0) is 14.1. The number of carboxylic acids is 1. The van der Waals surface area contributed by atoms with E-state index < -0.39 is 27.7 Å². The van der Waals surface area contributed by atoms with Gasteiger partial charge in [-0.05, 0) is 31.5 Å². The largest absolute Gasteiger partial charge is 0.478 e. The maximum Gasteiger partial charge on any atom is 0.335 e. The monoisotopic (exact) mass is 336 g/mol. The van der Waals surface area contributed by atoms with Crippen LogP contribution in [0, 0.1) is 6.92 Å². The Morgan fingerprint density at radius 1 is 1.44 bits per heavy atom. The molecule has 0 spiro atoms. The quantitative estimate of drug-likeness (QED) is 0.871. The number of benzene rings is 1. The fourth-order valence-corrected chi connectivity index (χ4v) is 3.80. The van der Waals surface area contributed by atoms with Crippen LogP contribution in [-0.2, 0) is 9.84 Å². The maximum absolute atomic E-state index is 12.0. The Morgan fingerprint density at radius 2 is 2.00 bits per heavy atom. The van der Waals surface area contributed by atoms with Gasteiger partial charge in [0.2, 0.25) is 0 Å². The minimum Gasteiger partial charge on any atom is -0.478 e. The van der Waals surface area contributed by atoms with E-state index in [-0.39, 0.29) is 10.5 Å². The Kier molecular flexibility index (Phi) is 4.52. The number of aliphatic hydroxyl groups is 1. The molecule has 0 amide bonds. The van der Waals surface area contributed by atoms with Gasteiger partial charge in [0.1, 0.15) is 0 Å². The molecule has 0 fully saturated rings. The molecule has 0 bridgehead atoms. The molecular weight excluding hydrogens is 324 g/mol. The van der Waals surface area contributed by atoms with E-state index in [1.807, 2.05) is 0 Å². The van der Waals surface area contributed by atoms with E-state index in [0.29, 0.717) is 10.0 Å². The number of aliphatic hydroxyl groups excluding tert-OH is 1. The van der Waals surface area contributed by atoms with Gasteiger partial charge in [-0.15, -0.1) is 0 Å². The molecule has 0 radical (unpaired) electrons. The summed E-state index contributed by atoms with van der Waals surface area (Å²) in [6.45, 7) is 2.94. The van der Waals surface area contributed by atoms with Crippen molar-refractivity contribution in [3.8, 4) is 0 Å². The molecule has 5 nitrogen and oxygen atoms in total. The highest BCUT2D eigenvalue weighted by Crippen LogP contribution is 2.27. The average molecular weight is 337 g/mol. The molecule has 1 aromatic rings. The third-order valence-electron chi connectivity index (χ3n) is 2.34. The van der Waals surface area contributed by atoms with Gasteiger partial charge in [-0.25, -0.2) is 13.2 Å². The molecule has 1 unspecified atom stereocenters. The summed E-state index contributed by atoms with van der Waals surface area (Å²) in [6, 6.07) is 2.46. The molecule has 0 aromatic heterocycles. The van der Waals surface area contributed by atoms with Crippen LogP contribution in [0.5, 0.6) is 0 Å². The Bertz CT molecular complexity index is 577. The van der Waals surface area contributed by atoms with E-state index in [1.54, 1.807) is 6.92 Å². The smallest absolute Gasteiger partial charge is 0.335 e. The number of carboxylic acid groups (broad SMARTS) is 1. The first-order valence-corrected chi connectivity index (χ1v) is 7.54. The lowest BCUT2D eigenvalue weighted by atomic mass is 10.1. The van der Waals surface area contributed by atoms with Crippen LogP contribution in [0.25, 0.3) is 0 Å². The Labute approximate surface area is 113 Å². The molecule has 1 aromatic carbocycles. The Hall–Kier alpha value is -0.920. The lowest BCUT2D eigenvalue weighted by molar-refractivity contribution is 0.0696. The zero-order valence-corrected chi connectivity index (χ0v) is 12.2. The van der Waals surface area contributed by atoms with Crippen LogP contribution >= 0.6 is 15.9 Å². The highest BCUT2D eigenvalue weighted by atomic mass is 79.9. The summed E-state index contributed by atoms with van der Waals surface area (Å²) in [5.74, 6) is -1.65. The van der Waals surface area contributed by atoms with Crippen LogP contribution in [0.2, 0.25) is 0 Å². The second-order valence-corrected chi connectivity index (χ2v) is 6.87. The topological polar surface area (TPSA) is 91.7 Å². The fraction of sp³-hybridized carbons (Fsp3) is 0.364. The molecule has 1 rings (SSSR count). The summed E-state index contributed by atoms with van der Waals surface area (Å²) in [7, 11) is -3.71. The maximum atomic E-state index is 12.0. The van der Waals surface area contributed by atoms with Crippen molar-refractivity contribution in [3.63, 3.8) is 0 Å².